The fourth-order valence-electron chi connectivity index (χ4n) is 3.67. The minimum absolute atomic E-state index is 0.210. The van der Waals surface area contributed by atoms with Crippen molar-refractivity contribution >= 4 is 45.0 Å². The lowest BCUT2D eigenvalue weighted by Gasteiger charge is -2.13. The second-order valence-electron chi connectivity index (χ2n) is 7.15. The minimum atomic E-state index is -0.348. The number of carbonyl (C=O) groups is 3. The molecule has 2 heterocycles. The van der Waals surface area contributed by atoms with Gasteiger partial charge in [-0.1, -0.05) is 17.4 Å². The quantitative estimate of drug-likeness (QED) is 0.621. The number of anilines is 1. The Labute approximate surface area is 172 Å². The Bertz CT molecular complexity index is 1200. The van der Waals surface area contributed by atoms with Gasteiger partial charge >= 0.3 is 0 Å². The molecule has 2 aromatic carbocycles. The van der Waals surface area contributed by atoms with Gasteiger partial charge in [-0.2, -0.15) is 4.99 Å². The lowest BCUT2D eigenvalue weighted by atomic mass is 10.1. The van der Waals surface area contributed by atoms with E-state index in [4.69, 9.17) is 0 Å². The molecule has 0 atom stereocenters. The normalized spacial score (nSPS) is 15.0. The number of hydrogen-bond donors (Lipinski definition) is 0. The van der Waals surface area contributed by atoms with E-state index in [0.29, 0.717) is 22.6 Å². The summed E-state index contributed by atoms with van der Waals surface area (Å²) in [6.45, 7) is 6.87. The van der Waals surface area contributed by atoms with Crippen molar-refractivity contribution < 1.29 is 14.4 Å². The van der Waals surface area contributed by atoms with Gasteiger partial charge in [0.15, 0.2) is 4.80 Å². The Kier molecular flexibility index (Phi) is 4.92. The van der Waals surface area contributed by atoms with Crippen LogP contribution in [0.25, 0.3) is 10.2 Å². The summed E-state index contributed by atoms with van der Waals surface area (Å²) < 4.78 is 3.18. The summed E-state index contributed by atoms with van der Waals surface area (Å²) in [5.74, 6) is -0.767. The molecule has 3 amide bonds. The van der Waals surface area contributed by atoms with Gasteiger partial charge in [-0.05, 0) is 62.2 Å². The van der Waals surface area contributed by atoms with Crippen LogP contribution in [0, 0.1) is 13.8 Å². The number of nitrogens with zero attached hydrogens (tertiary/aromatic N) is 3. The Morgan fingerprint density at radius 3 is 2.34 bits per heavy atom. The molecule has 0 aliphatic carbocycles. The molecule has 1 saturated heterocycles. The van der Waals surface area contributed by atoms with Crippen LogP contribution in [-0.4, -0.2) is 22.3 Å². The Morgan fingerprint density at radius 2 is 1.72 bits per heavy atom. The van der Waals surface area contributed by atoms with E-state index in [-0.39, 0.29) is 30.6 Å². The lowest BCUT2D eigenvalue weighted by Crippen LogP contribution is -2.28. The predicted molar refractivity (Wildman–Crippen MR) is 113 cm³/mol. The Hall–Kier alpha value is -3.06. The van der Waals surface area contributed by atoms with E-state index in [2.05, 4.69) is 31.0 Å². The molecule has 3 aromatic rings. The van der Waals surface area contributed by atoms with Crippen LogP contribution >= 0.6 is 11.3 Å². The van der Waals surface area contributed by atoms with E-state index < -0.39 is 0 Å². The molecule has 0 bridgehead atoms. The van der Waals surface area contributed by atoms with Crippen molar-refractivity contribution in [3.8, 4) is 0 Å². The van der Waals surface area contributed by atoms with Crippen LogP contribution in [0.2, 0.25) is 0 Å². The van der Waals surface area contributed by atoms with Gasteiger partial charge in [-0.3, -0.25) is 19.3 Å². The highest BCUT2D eigenvalue weighted by Gasteiger charge is 2.30. The van der Waals surface area contributed by atoms with Crippen molar-refractivity contribution in [3.05, 3.63) is 57.9 Å². The highest BCUT2D eigenvalue weighted by molar-refractivity contribution is 7.16. The maximum atomic E-state index is 12.8. The van der Waals surface area contributed by atoms with E-state index in [1.54, 1.807) is 24.3 Å². The zero-order valence-electron chi connectivity index (χ0n) is 16.6. The zero-order chi connectivity index (χ0) is 20.7. The number of thiazole rings is 1. The number of benzene rings is 2. The first kappa shape index (κ1) is 19.3. The molecule has 1 aromatic heterocycles. The molecule has 6 nitrogen and oxygen atoms in total. The second-order valence-corrected chi connectivity index (χ2v) is 8.12. The number of hydrogen-bond acceptors (Lipinski definition) is 4. The molecule has 0 saturated carbocycles. The van der Waals surface area contributed by atoms with Crippen molar-refractivity contribution in [2.75, 3.05) is 4.90 Å². The Balaban J connectivity index is 1.70. The third-order valence-corrected chi connectivity index (χ3v) is 6.28. The molecule has 29 heavy (non-hydrogen) atoms. The molecule has 1 fully saturated rings. The molecular formula is C22H21N3O3S. The average Bonchev–Trinajstić information content (AvgIpc) is 3.21. The summed E-state index contributed by atoms with van der Waals surface area (Å²) in [5.41, 5.74) is 4.34. The van der Waals surface area contributed by atoms with E-state index in [1.165, 1.54) is 27.4 Å². The standard InChI is InChI=1S/C22H21N3O3S/c1-4-24-17-12-13(2)11-14(3)20(17)29-22(24)23-21(28)15-5-7-16(8-6-15)25-18(26)9-10-19(25)27/h5-8,11-12H,4,9-10H2,1-3H3. The average molecular weight is 407 g/mol. The largest absolute Gasteiger partial charge is 0.317 e. The van der Waals surface area contributed by atoms with Gasteiger partial charge in [0.25, 0.3) is 5.91 Å². The number of aromatic nitrogens is 1. The molecule has 0 N–H and O–H groups in total. The number of rotatable bonds is 3. The fourth-order valence-corrected chi connectivity index (χ4v) is 4.81. The van der Waals surface area contributed by atoms with Crippen LogP contribution in [0.4, 0.5) is 5.69 Å². The number of amides is 3. The van der Waals surface area contributed by atoms with Crippen LogP contribution in [-0.2, 0) is 16.1 Å². The third kappa shape index (κ3) is 3.42. The molecule has 1 aliphatic heterocycles. The van der Waals surface area contributed by atoms with Gasteiger partial charge < -0.3 is 4.57 Å². The van der Waals surface area contributed by atoms with Crippen molar-refractivity contribution in [2.45, 2.75) is 40.2 Å². The minimum Gasteiger partial charge on any atom is -0.317 e. The van der Waals surface area contributed by atoms with Gasteiger partial charge in [0, 0.05) is 24.9 Å². The van der Waals surface area contributed by atoms with Crippen LogP contribution in [0.1, 0.15) is 41.3 Å². The highest BCUT2D eigenvalue weighted by Crippen LogP contribution is 2.24. The Morgan fingerprint density at radius 1 is 1.07 bits per heavy atom. The number of imide groups is 1. The van der Waals surface area contributed by atoms with E-state index >= 15 is 0 Å². The first-order valence-corrected chi connectivity index (χ1v) is 10.4. The zero-order valence-corrected chi connectivity index (χ0v) is 17.4. The molecule has 0 spiro atoms. The number of fused-ring (bicyclic) bond motifs is 1. The van der Waals surface area contributed by atoms with Gasteiger partial charge in [-0.15, -0.1) is 0 Å². The predicted octanol–water partition coefficient (Wildman–Crippen LogP) is 3.73. The van der Waals surface area contributed by atoms with Crippen LogP contribution in [0.15, 0.2) is 41.4 Å². The lowest BCUT2D eigenvalue weighted by molar-refractivity contribution is -0.121. The van der Waals surface area contributed by atoms with Crippen molar-refractivity contribution in [1.29, 1.82) is 0 Å². The van der Waals surface area contributed by atoms with Crippen molar-refractivity contribution in [3.63, 3.8) is 0 Å². The molecule has 4 rings (SSSR count). The number of carbonyl (C=O) groups excluding carboxylic acids is 3. The highest BCUT2D eigenvalue weighted by atomic mass is 32.1. The van der Waals surface area contributed by atoms with Crippen LogP contribution in [0.3, 0.4) is 0 Å². The molecule has 7 heteroatoms. The molecule has 0 unspecified atom stereocenters. The topological polar surface area (TPSA) is 71.7 Å². The number of aryl methyl sites for hydroxylation is 3. The van der Waals surface area contributed by atoms with Gasteiger partial charge in [0.2, 0.25) is 11.8 Å². The van der Waals surface area contributed by atoms with Crippen LogP contribution in [0.5, 0.6) is 0 Å². The molecule has 148 valence electrons. The SMILES string of the molecule is CCn1c(=NC(=O)c2ccc(N3C(=O)CCC3=O)cc2)sc2c(C)cc(C)cc21. The first-order valence-electron chi connectivity index (χ1n) is 9.54. The van der Waals surface area contributed by atoms with E-state index in [0.717, 1.165) is 10.2 Å². The second kappa shape index (κ2) is 7.40. The van der Waals surface area contributed by atoms with E-state index in [9.17, 15) is 14.4 Å². The van der Waals surface area contributed by atoms with E-state index in [1.807, 2.05) is 11.5 Å². The summed E-state index contributed by atoms with van der Waals surface area (Å²) in [6, 6.07) is 10.7. The van der Waals surface area contributed by atoms with Gasteiger partial charge in [0.05, 0.1) is 15.9 Å². The van der Waals surface area contributed by atoms with Gasteiger partial charge in [-0.25, -0.2) is 0 Å². The van der Waals surface area contributed by atoms with Gasteiger partial charge in [0.1, 0.15) is 0 Å². The fraction of sp³-hybridized carbons (Fsp3) is 0.273. The third-order valence-electron chi connectivity index (χ3n) is 5.05. The van der Waals surface area contributed by atoms with Crippen molar-refractivity contribution in [2.24, 2.45) is 4.99 Å². The summed E-state index contributed by atoms with van der Waals surface area (Å²) >= 11 is 1.51. The summed E-state index contributed by atoms with van der Waals surface area (Å²) in [5, 5.41) is 0. The summed E-state index contributed by atoms with van der Waals surface area (Å²) in [4.78, 5) is 42.7. The first-order chi connectivity index (χ1) is 13.9. The summed E-state index contributed by atoms with van der Waals surface area (Å²) in [6.07, 6.45) is 0.466. The van der Waals surface area contributed by atoms with Crippen LogP contribution < -0.4 is 9.70 Å². The smallest absolute Gasteiger partial charge is 0.279 e. The monoisotopic (exact) mass is 407 g/mol. The maximum Gasteiger partial charge on any atom is 0.279 e. The molecule has 1 aliphatic rings. The van der Waals surface area contributed by atoms with Crippen molar-refractivity contribution in [1.82, 2.24) is 4.57 Å². The molecular weight excluding hydrogens is 386 g/mol. The summed E-state index contributed by atoms with van der Waals surface area (Å²) in [7, 11) is 0. The maximum absolute atomic E-state index is 12.8. The molecule has 0 radical (unpaired) electrons.